The van der Waals surface area contributed by atoms with Gasteiger partial charge in [0.05, 0.1) is 17.7 Å². The Morgan fingerprint density at radius 1 is 1.45 bits per heavy atom. The smallest absolute Gasteiger partial charge is 0.229 e. The molecule has 2 aromatic rings. The number of nitrogens with two attached hydrogens (primary N) is 1. The van der Waals surface area contributed by atoms with E-state index in [-0.39, 0.29) is 12.5 Å². The van der Waals surface area contributed by atoms with Gasteiger partial charge in [-0.2, -0.15) is 15.1 Å². The molecular weight excluding hydrogens is 260 g/mol. The van der Waals surface area contributed by atoms with Gasteiger partial charge in [-0.25, -0.2) is 0 Å². The number of nitrogens with zero attached hydrogens (tertiary/aromatic N) is 5. The number of fused-ring (bicyclic) bond motifs is 1. The maximum atomic E-state index is 9.99. The Morgan fingerprint density at radius 2 is 2.25 bits per heavy atom. The average Bonchev–Trinajstić information content (AvgIpc) is 2.81. The number of rotatable bonds is 2. The fourth-order valence-corrected chi connectivity index (χ4v) is 2.55. The summed E-state index contributed by atoms with van der Waals surface area (Å²) in [7, 11) is 1.80. The summed E-state index contributed by atoms with van der Waals surface area (Å²) < 4.78 is 1.65. The average molecular weight is 278 g/mol. The highest BCUT2D eigenvalue weighted by Gasteiger charge is 2.28. The molecule has 1 fully saturated rings. The molecule has 1 aliphatic heterocycles. The first kappa shape index (κ1) is 13.1. The number of anilines is 2. The normalized spacial score (nSPS) is 23.4. The first-order chi connectivity index (χ1) is 9.60. The molecule has 2 aromatic heterocycles. The Labute approximate surface area is 115 Å². The number of aryl methyl sites for hydroxylation is 1. The van der Waals surface area contributed by atoms with Gasteiger partial charge in [-0.15, -0.1) is 0 Å². The Morgan fingerprint density at radius 3 is 2.95 bits per heavy atom. The molecule has 0 amide bonds. The molecule has 0 spiro atoms. The molecule has 2 atom stereocenters. The van der Waals surface area contributed by atoms with E-state index in [0.29, 0.717) is 36.9 Å². The molecule has 0 radical (unpaired) electrons. The number of nitrogen functional groups attached to an aromatic ring is 1. The minimum absolute atomic E-state index is 0.00122. The number of aromatic nitrogens is 4. The van der Waals surface area contributed by atoms with Crippen LogP contribution in [0.1, 0.15) is 6.42 Å². The van der Waals surface area contributed by atoms with E-state index in [2.05, 4.69) is 15.1 Å². The molecule has 108 valence electrons. The van der Waals surface area contributed by atoms with E-state index in [1.54, 1.807) is 17.9 Å². The summed E-state index contributed by atoms with van der Waals surface area (Å²) in [6.07, 6.45) is 1.76. The van der Waals surface area contributed by atoms with Crippen LogP contribution in [0, 0.1) is 5.92 Å². The molecular formula is C12H18N6O2. The lowest BCUT2D eigenvalue weighted by Crippen LogP contribution is -2.45. The van der Waals surface area contributed by atoms with Gasteiger partial charge in [-0.05, 0) is 6.42 Å². The van der Waals surface area contributed by atoms with Crippen molar-refractivity contribution < 1.29 is 10.2 Å². The molecule has 0 bridgehead atoms. The first-order valence-electron chi connectivity index (χ1n) is 6.59. The largest absolute Gasteiger partial charge is 0.396 e. The van der Waals surface area contributed by atoms with Crippen LogP contribution in [0.5, 0.6) is 0 Å². The van der Waals surface area contributed by atoms with Crippen molar-refractivity contribution in [3.8, 4) is 0 Å². The van der Waals surface area contributed by atoms with E-state index in [1.807, 2.05) is 4.90 Å². The Hall–Kier alpha value is -1.93. The SMILES string of the molecule is Cn1ncc2c(N)nc(N3CC[C@H](CO)[C@@H](O)C3)nc21. The second-order valence-corrected chi connectivity index (χ2v) is 5.16. The summed E-state index contributed by atoms with van der Waals surface area (Å²) in [6, 6.07) is 0. The van der Waals surface area contributed by atoms with Crippen molar-refractivity contribution in [2.75, 3.05) is 30.3 Å². The van der Waals surface area contributed by atoms with Gasteiger partial charge < -0.3 is 20.8 Å². The summed E-state index contributed by atoms with van der Waals surface area (Å²) in [6.45, 7) is 1.08. The monoisotopic (exact) mass is 278 g/mol. The van der Waals surface area contributed by atoms with Crippen molar-refractivity contribution in [2.24, 2.45) is 13.0 Å². The minimum Gasteiger partial charge on any atom is -0.396 e. The lowest BCUT2D eigenvalue weighted by molar-refractivity contribution is 0.0544. The third kappa shape index (κ3) is 2.06. The molecule has 4 N–H and O–H groups in total. The second-order valence-electron chi connectivity index (χ2n) is 5.16. The number of aliphatic hydroxyl groups excluding tert-OH is 2. The highest BCUT2D eigenvalue weighted by atomic mass is 16.3. The number of aliphatic hydroxyl groups is 2. The molecule has 0 aromatic carbocycles. The second kappa shape index (κ2) is 4.88. The van der Waals surface area contributed by atoms with Crippen LogP contribution >= 0.6 is 0 Å². The van der Waals surface area contributed by atoms with Crippen molar-refractivity contribution in [3.05, 3.63) is 6.20 Å². The molecule has 0 unspecified atom stereocenters. The molecule has 8 heteroatoms. The van der Waals surface area contributed by atoms with Gasteiger partial charge in [0.25, 0.3) is 0 Å². The van der Waals surface area contributed by atoms with Crippen LogP contribution in [0.15, 0.2) is 6.20 Å². The van der Waals surface area contributed by atoms with Crippen LogP contribution in [-0.2, 0) is 7.05 Å². The Bertz CT molecular complexity index is 628. The van der Waals surface area contributed by atoms with Crippen LogP contribution in [0.4, 0.5) is 11.8 Å². The van der Waals surface area contributed by atoms with Gasteiger partial charge in [0.15, 0.2) is 5.65 Å². The highest BCUT2D eigenvalue weighted by Crippen LogP contribution is 2.24. The van der Waals surface area contributed by atoms with E-state index < -0.39 is 6.10 Å². The third-order valence-electron chi connectivity index (χ3n) is 3.85. The number of hydrogen-bond donors (Lipinski definition) is 3. The summed E-state index contributed by atoms with van der Waals surface area (Å²) in [4.78, 5) is 10.6. The number of piperidine rings is 1. The quantitative estimate of drug-likeness (QED) is 0.654. The zero-order chi connectivity index (χ0) is 14.3. The fraction of sp³-hybridized carbons (Fsp3) is 0.583. The summed E-state index contributed by atoms with van der Waals surface area (Å²) >= 11 is 0. The Kier molecular flexibility index (Phi) is 3.19. The molecule has 0 aliphatic carbocycles. The third-order valence-corrected chi connectivity index (χ3v) is 3.85. The topological polar surface area (TPSA) is 113 Å². The van der Waals surface area contributed by atoms with Crippen LogP contribution in [0.2, 0.25) is 0 Å². The van der Waals surface area contributed by atoms with Gasteiger partial charge in [-0.3, -0.25) is 4.68 Å². The highest BCUT2D eigenvalue weighted by molar-refractivity contribution is 5.86. The molecule has 20 heavy (non-hydrogen) atoms. The summed E-state index contributed by atoms with van der Waals surface area (Å²) in [5.41, 5.74) is 6.60. The molecule has 1 aliphatic rings. The molecule has 3 heterocycles. The van der Waals surface area contributed by atoms with E-state index in [0.717, 1.165) is 5.39 Å². The summed E-state index contributed by atoms with van der Waals surface area (Å²) in [5.74, 6) is 0.801. The lowest BCUT2D eigenvalue weighted by atomic mass is 9.95. The standard InChI is InChI=1S/C12H18N6O2/c1-17-11-8(4-14-17)10(13)15-12(16-11)18-3-2-7(6-19)9(20)5-18/h4,7,9,19-20H,2-3,5-6H2,1H3,(H2,13,15,16)/t7-,9+/m1/s1. The van der Waals surface area contributed by atoms with Crippen LogP contribution < -0.4 is 10.6 Å². The maximum absolute atomic E-state index is 9.99. The number of hydrogen-bond acceptors (Lipinski definition) is 7. The molecule has 8 nitrogen and oxygen atoms in total. The van der Waals surface area contributed by atoms with Crippen molar-refractivity contribution in [1.29, 1.82) is 0 Å². The van der Waals surface area contributed by atoms with Crippen LogP contribution in [0.3, 0.4) is 0 Å². The van der Waals surface area contributed by atoms with Gasteiger partial charge in [0.1, 0.15) is 5.82 Å². The predicted molar refractivity (Wildman–Crippen MR) is 74.1 cm³/mol. The first-order valence-corrected chi connectivity index (χ1v) is 6.59. The van der Waals surface area contributed by atoms with Gasteiger partial charge >= 0.3 is 0 Å². The van der Waals surface area contributed by atoms with E-state index in [9.17, 15) is 10.2 Å². The van der Waals surface area contributed by atoms with Crippen molar-refractivity contribution in [2.45, 2.75) is 12.5 Å². The van der Waals surface area contributed by atoms with Crippen molar-refractivity contribution >= 4 is 22.8 Å². The lowest BCUT2D eigenvalue weighted by Gasteiger charge is -2.35. The summed E-state index contributed by atoms with van der Waals surface area (Å²) in [5, 5.41) is 24.0. The van der Waals surface area contributed by atoms with Crippen LogP contribution in [-0.4, -0.2) is 55.8 Å². The Balaban J connectivity index is 1.93. The van der Waals surface area contributed by atoms with Crippen LogP contribution in [0.25, 0.3) is 11.0 Å². The zero-order valence-electron chi connectivity index (χ0n) is 11.3. The van der Waals surface area contributed by atoms with E-state index in [1.165, 1.54) is 0 Å². The van der Waals surface area contributed by atoms with Gasteiger partial charge in [0.2, 0.25) is 5.95 Å². The van der Waals surface area contributed by atoms with Gasteiger partial charge in [0, 0.05) is 32.7 Å². The zero-order valence-corrected chi connectivity index (χ0v) is 11.3. The minimum atomic E-state index is -0.583. The maximum Gasteiger partial charge on any atom is 0.229 e. The fourth-order valence-electron chi connectivity index (χ4n) is 2.55. The molecule has 1 saturated heterocycles. The molecule has 0 saturated carbocycles. The van der Waals surface area contributed by atoms with E-state index in [4.69, 9.17) is 5.73 Å². The van der Waals surface area contributed by atoms with Crippen molar-refractivity contribution in [3.63, 3.8) is 0 Å². The van der Waals surface area contributed by atoms with Gasteiger partial charge in [-0.1, -0.05) is 0 Å². The predicted octanol–water partition coefficient (Wildman–Crippen LogP) is -0.875. The van der Waals surface area contributed by atoms with Crippen molar-refractivity contribution in [1.82, 2.24) is 19.7 Å². The molecule has 3 rings (SSSR count). The van der Waals surface area contributed by atoms with E-state index >= 15 is 0 Å². The number of β-amino-alcohol motifs (C(OH)–C–C–N with tert-alkyl or cyclic N) is 1.